The van der Waals surface area contributed by atoms with Gasteiger partial charge in [0.2, 0.25) is 0 Å². The van der Waals surface area contributed by atoms with Gasteiger partial charge in [0.05, 0.1) is 12.5 Å². The molecule has 1 aromatic rings. The lowest BCUT2D eigenvalue weighted by Crippen LogP contribution is -2.46. The molecule has 0 spiro atoms. The van der Waals surface area contributed by atoms with Crippen LogP contribution in [-0.2, 0) is 4.79 Å². The highest BCUT2D eigenvalue weighted by molar-refractivity contribution is 5.76. The molecule has 2 amide bonds. The van der Waals surface area contributed by atoms with Crippen molar-refractivity contribution in [1.82, 2.24) is 10.6 Å². The van der Waals surface area contributed by atoms with Gasteiger partial charge in [-0.3, -0.25) is 4.79 Å². The molecule has 0 aromatic heterocycles. The number of carbonyl (C=O) groups excluding carboxylic acids is 1. The number of carbonyl (C=O) groups is 2. The fourth-order valence-electron chi connectivity index (χ4n) is 2.12. The van der Waals surface area contributed by atoms with Gasteiger partial charge in [0.25, 0.3) is 0 Å². The molecule has 5 heteroatoms. The van der Waals surface area contributed by atoms with Crippen LogP contribution in [0.2, 0.25) is 0 Å². The van der Waals surface area contributed by atoms with Crippen molar-refractivity contribution in [3.63, 3.8) is 0 Å². The maximum absolute atomic E-state index is 12.1. The number of aliphatic carboxylic acids is 1. The number of carboxylic acid groups (broad SMARTS) is 1. The van der Waals surface area contributed by atoms with E-state index in [1.807, 2.05) is 51.1 Å². The summed E-state index contributed by atoms with van der Waals surface area (Å²) in [4.78, 5) is 22.9. The summed E-state index contributed by atoms with van der Waals surface area (Å²) in [6.45, 7) is 5.78. The van der Waals surface area contributed by atoms with Crippen LogP contribution in [0.5, 0.6) is 0 Å². The molecule has 0 saturated carbocycles. The number of rotatable bonds is 7. The fourth-order valence-corrected chi connectivity index (χ4v) is 2.12. The van der Waals surface area contributed by atoms with E-state index in [1.54, 1.807) is 0 Å². The van der Waals surface area contributed by atoms with E-state index in [1.165, 1.54) is 0 Å². The summed E-state index contributed by atoms with van der Waals surface area (Å²) < 4.78 is 0. The highest BCUT2D eigenvalue weighted by atomic mass is 16.4. The monoisotopic (exact) mass is 292 g/mol. The summed E-state index contributed by atoms with van der Waals surface area (Å²) in [7, 11) is 0. The van der Waals surface area contributed by atoms with E-state index < -0.39 is 5.97 Å². The molecule has 1 aromatic carbocycles. The molecule has 0 radical (unpaired) electrons. The number of carboxylic acids is 1. The molecule has 3 N–H and O–H groups in total. The van der Waals surface area contributed by atoms with E-state index in [0.29, 0.717) is 0 Å². The largest absolute Gasteiger partial charge is 0.481 e. The molecule has 0 bridgehead atoms. The van der Waals surface area contributed by atoms with Crippen molar-refractivity contribution in [1.29, 1.82) is 0 Å². The lowest BCUT2D eigenvalue weighted by atomic mass is 10.0. The molecule has 21 heavy (non-hydrogen) atoms. The van der Waals surface area contributed by atoms with Crippen LogP contribution in [0.25, 0.3) is 0 Å². The first kappa shape index (κ1) is 17.0. The molecule has 0 saturated heterocycles. The Balaban J connectivity index is 2.63. The summed E-state index contributed by atoms with van der Waals surface area (Å²) in [5.74, 6) is -0.854. The third-order valence-corrected chi connectivity index (χ3v) is 3.43. The normalized spacial score (nSPS) is 13.5. The van der Waals surface area contributed by atoms with Crippen LogP contribution in [0.4, 0.5) is 4.79 Å². The molecule has 1 rings (SSSR count). The zero-order chi connectivity index (χ0) is 15.8. The highest BCUT2D eigenvalue weighted by Gasteiger charge is 2.20. The summed E-state index contributed by atoms with van der Waals surface area (Å²) in [5.41, 5.74) is 1.04. The van der Waals surface area contributed by atoms with Crippen molar-refractivity contribution in [2.24, 2.45) is 5.92 Å². The molecule has 0 aliphatic carbocycles. The molecule has 2 atom stereocenters. The Labute approximate surface area is 125 Å². The van der Waals surface area contributed by atoms with Crippen molar-refractivity contribution in [3.8, 4) is 0 Å². The molecule has 0 fully saturated rings. The van der Waals surface area contributed by atoms with Crippen LogP contribution in [0.1, 0.15) is 45.2 Å². The van der Waals surface area contributed by atoms with Gasteiger partial charge in [-0.25, -0.2) is 4.79 Å². The number of benzene rings is 1. The average Bonchev–Trinajstić information content (AvgIpc) is 2.44. The molecule has 0 aliphatic rings. The quantitative estimate of drug-likeness (QED) is 0.723. The summed E-state index contributed by atoms with van der Waals surface area (Å²) in [5, 5.41) is 14.5. The predicted molar refractivity (Wildman–Crippen MR) is 82.0 cm³/mol. The van der Waals surface area contributed by atoms with Crippen LogP contribution in [0.3, 0.4) is 0 Å². The molecular weight excluding hydrogens is 268 g/mol. The van der Waals surface area contributed by atoms with Gasteiger partial charge in [-0.05, 0) is 17.9 Å². The van der Waals surface area contributed by atoms with Crippen LogP contribution < -0.4 is 10.6 Å². The van der Waals surface area contributed by atoms with E-state index >= 15 is 0 Å². The lowest BCUT2D eigenvalue weighted by Gasteiger charge is -2.23. The van der Waals surface area contributed by atoms with Gasteiger partial charge in [0.1, 0.15) is 0 Å². The van der Waals surface area contributed by atoms with E-state index in [4.69, 9.17) is 5.11 Å². The minimum absolute atomic E-state index is 0.0589. The Kier molecular flexibility index (Phi) is 6.72. The van der Waals surface area contributed by atoms with Gasteiger partial charge in [-0.15, -0.1) is 0 Å². The van der Waals surface area contributed by atoms with Gasteiger partial charge in [0.15, 0.2) is 0 Å². The number of amides is 2. The van der Waals surface area contributed by atoms with Gasteiger partial charge in [-0.2, -0.15) is 0 Å². The van der Waals surface area contributed by atoms with Gasteiger partial charge >= 0.3 is 12.0 Å². The van der Waals surface area contributed by atoms with Crippen molar-refractivity contribution >= 4 is 12.0 Å². The molecule has 0 heterocycles. The first-order chi connectivity index (χ1) is 9.93. The predicted octanol–water partition coefficient (Wildman–Crippen LogP) is 2.94. The summed E-state index contributed by atoms with van der Waals surface area (Å²) in [6.07, 6.45) is 0.690. The van der Waals surface area contributed by atoms with Crippen LogP contribution >= 0.6 is 0 Å². The number of hydrogen-bond donors (Lipinski definition) is 3. The van der Waals surface area contributed by atoms with Crippen LogP contribution in [-0.4, -0.2) is 23.1 Å². The summed E-state index contributed by atoms with van der Waals surface area (Å²) in [6, 6.07) is 8.93. The Morgan fingerprint density at radius 2 is 1.76 bits per heavy atom. The van der Waals surface area contributed by atoms with E-state index in [2.05, 4.69) is 10.6 Å². The Morgan fingerprint density at radius 3 is 2.24 bits per heavy atom. The second-order valence-corrected chi connectivity index (χ2v) is 5.44. The first-order valence-corrected chi connectivity index (χ1v) is 7.27. The Bertz CT molecular complexity index is 460. The Morgan fingerprint density at radius 1 is 1.14 bits per heavy atom. The first-order valence-electron chi connectivity index (χ1n) is 7.27. The minimum atomic E-state index is -0.913. The van der Waals surface area contributed by atoms with Crippen LogP contribution in [0, 0.1) is 5.92 Å². The molecular formula is C16H24N2O3. The van der Waals surface area contributed by atoms with Gasteiger partial charge < -0.3 is 15.7 Å². The van der Waals surface area contributed by atoms with Crippen molar-refractivity contribution < 1.29 is 14.7 Å². The van der Waals surface area contributed by atoms with E-state index in [-0.39, 0.29) is 30.5 Å². The molecule has 5 nitrogen and oxygen atoms in total. The lowest BCUT2D eigenvalue weighted by molar-refractivity contribution is -0.137. The smallest absolute Gasteiger partial charge is 0.315 e. The zero-order valence-corrected chi connectivity index (χ0v) is 12.8. The highest BCUT2D eigenvalue weighted by Crippen LogP contribution is 2.16. The number of hydrogen-bond acceptors (Lipinski definition) is 2. The van der Waals surface area contributed by atoms with Crippen LogP contribution in [0.15, 0.2) is 30.3 Å². The van der Waals surface area contributed by atoms with E-state index in [9.17, 15) is 9.59 Å². The zero-order valence-electron chi connectivity index (χ0n) is 12.8. The third kappa shape index (κ3) is 5.85. The topological polar surface area (TPSA) is 78.4 Å². The fraction of sp³-hybridized carbons (Fsp3) is 0.500. The van der Waals surface area contributed by atoms with Gasteiger partial charge in [-0.1, -0.05) is 51.1 Å². The number of urea groups is 1. The molecule has 2 unspecified atom stereocenters. The molecule has 116 valence electrons. The average molecular weight is 292 g/mol. The second kappa shape index (κ2) is 8.29. The van der Waals surface area contributed by atoms with Crippen molar-refractivity contribution in [2.45, 2.75) is 45.7 Å². The number of nitrogens with one attached hydrogen (secondary N) is 2. The summed E-state index contributed by atoms with van der Waals surface area (Å²) >= 11 is 0. The Hall–Kier alpha value is -2.04. The van der Waals surface area contributed by atoms with Gasteiger partial charge in [0, 0.05) is 6.04 Å². The van der Waals surface area contributed by atoms with E-state index in [0.717, 1.165) is 12.0 Å². The molecule has 0 aliphatic heterocycles. The SMILES string of the molecule is CCC(NC(=O)NC(CC(=O)O)C(C)C)c1ccccc1. The second-order valence-electron chi connectivity index (χ2n) is 5.44. The third-order valence-electron chi connectivity index (χ3n) is 3.43. The maximum atomic E-state index is 12.1. The maximum Gasteiger partial charge on any atom is 0.315 e. The minimum Gasteiger partial charge on any atom is -0.481 e. The standard InChI is InChI=1S/C16H24N2O3/c1-4-13(12-8-6-5-7-9-12)17-16(21)18-14(11(2)3)10-15(19)20/h5-9,11,13-14H,4,10H2,1-3H3,(H,19,20)(H2,17,18,21). The van der Waals surface area contributed by atoms with Crippen molar-refractivity contribution in [2.75, 3.05) is 0 Å². The van der Waals surface area contributed by atoms with Crippen molar-refractivity contribution in [3.05, 3.63) is 35.9 Å².